The first kappa shape index (κ1) is 14.3. The number of nitrogens with zero attached hydrogens (tertiary/aromatic N) is 2. The lowest BCUT2D eigenvalue weighted by molar-refractivity contribution is 0.379. The highest BCUT2D eigenvalue weighted by Gasteiger charge is 2.10. The third-order valence-corrected chi connectivity index (χ3v) is 3.79. The Hall–Kier alpha value is -3.27. The van der Waals surface area contributed by atoms with Gasteiger partial charge >= 0.3 is 0 Å². The molecule has 0 saturated heterocycles. The molecule has 2 aromatic heterocycles. The number of para-hydroxylation sites is 1. The lowest BCUT2D eigenvalue weighted by Gasteiger charge is -2.11. The summed E-state index contributed by atoms with van der Waals surface area (Å²) in [5, 5.41) is 0. The number of ether oxygens (including phenoxy) is 2. The summed E-state index contributed by atoms with van der Waals surface area (Å²) in [6.45, 7) is 0. The van der Waals surface area contributed by atoms with Gasteiger partial charge in [0.25, 0.3) is 0 Å². The summed E-state index contributed by atoms with van der Waals surface area (Å²) in [4.78, 5) is 4.64. The smallest absolute Gasteiger partial charge is 0.169 e. The van der Waals surface area contributed by atoms with Gasteiger partial charge in [-0.25, -0.2) is 4.98 Å². The molecule has 0 N–H and O–H groups in total. The minimum Gasteiger partial charge on any atom is -0.493 e. The van der Waals surface area contributed by atoms with Gasteiger partial charge in [0.1, 0.15) is 11.4 Å². The van der Waals surface area contributed by atoms with E-state index in [1.807, 2.05) is 83.5 Å². The van der Waals surface area contributed by atoms with Gasteiger partial charge < -0.3 is 13.9 Å². The zero-order valence-corrected chi connectivity index (χ0v) is 13.2. The van der Waals surface area contributed by atoms with Crippen molar-refractivity contribution in [1.29, 1.82) is 0 Å². The standard InChI is InChI=1S/C20H16N2O2/c1-23-19-13-15(17-14-22-12-6-5-9-20(22)21-17)10-11-18(19)24-16-7-3-2-4-8-16/h2-14H,1H3. The molecule has 0 saturated carbocycles. The topological polar surface area (TPSA) is 35.8 Å². The van der Waals surface area contributed by atoms with Crippen LogP contribution < -0.4 is 9.47 Å². The number of benzene rings is 2. The molecule has 2 heterocycles. The van der Waals surface area contributed by atoms with Crippen LogP contribution in [0, 0.1) is 0 Å². The fourth-order valence-corrected chi connectivity index (χ4v) is 2.60. The van der Waals surface area contributed by atoms with E-state index in [1.165, 1.54) is 0 Å². The predicted octanol–water partition coefficient (Wildman–Crippen LogP) is 4.80. The van der Waals surface area contributed by atoms with Crippen LogP contribution >= 0.6 is 0 Å². The van der Waals surface area contributed by atoms with Crippen LogP contribution in [0.5, 0.6) is 17.2 Å². The third-order valence-electron chi connectivity index (χ3n) is 3.79. The Balaban J connectivity index is 1.70. The van der Waals surface area contributed by atoms with Crippen molar-refractivity contribution in [2.45, 2.75) is 0 Å². The van der Waals surface area contributed by atoms with Gasteiger partial charge in [0.05, 0.1) is 12.8 Å². The van der Waals surface area contributed by atoms with Crippen molar-refractivity contribution in [1.82, 2.24) is 9.38 Å². The number of hydrogen-bond acceptors (Lipinski definition) is 3. The van der Waals surface area contributed by atoms with E-state index in [0.717, 1.165) is 22.7 Å². The van der Waals surface area contributed by atoms with Crippen molar-refractivity contribution in [3.05, 3.63) is 79.1 Å². The molecule has 0 aliphatic rings. The number of hydrogen-bond donors (Lipinski definition) is 0. The second-order valence-corrected chi connectivity index (χ2v) is 5.37. The Bertz CT molecular complexity index is 944. The molecule has 0 radical (unpaired) electrons. The van der Waals surface area contributed by atoms with Gasteiger partial charge in [-0.3, -0.25) is 0 Å². The SMILES string of the molecule is COc1cc(-c2cn3ccccc3n2)ccc1Oc1ccccc1. The van der Waals surface area contributed by atoms with Crippen molar-refractivity contribution < 1.29 is 9.47 Å². The van der Waals surface area contributed by atoms with Crippen LogP contribution in [0.25, 0.3) is 16.9 Å². The monoisotopic (exact) mass is 316 g/mol. The lowest BCUT2D eigenvalue weighted by atomic mass is 10.1. The van der Waals surface area contributed by atoms with E-state index in [9.17, 15) is 0 Å². The molecule has 0 unspecified atom stereocenters. The molecule has 0 atom stereocenters. The van der Waals surface area contributed by atoms with E-state index >= 15 is 0 Å². The summed E-state index contributed by atoms with van der Waals surface area (Å²) in [5.41, 5.74) is 2.79. The molecular weight excluding hydrogens is 300 g/mol. The normalized spacial score (nSPS) is 10.7. The average molecular weight is 316 g/mol. The molecule has 4 aromatic rings. The molecule has 4 nitrogen and oxygen atoms in total. The summed E-state index contributed by atoms with van der Waals surface area (Å²) in [6, 6.07) is 21.4. The first-order chi connectivity index (χ1) is 11.8. The zero-order chi connectivity index (χ0) is 16.4. The lowest BCUT2D eigenvalue weighted by Crippen LogP contribution is -1.91. The maximum absolute atomic E-state index is 5.90. The van der Waals surface area contributed by atoms with Crippen LogP contribution in [0.15, 0.2) is 79.1 Å². The highest BCUT2D eigenvalue weighted by atomic mass is 16.5. The number of rotatable bonds is 4. The largest absolute Gasteiger partial charge is 0.493 e. The van der Waals surface area contributed by atoms with Gasteiger partial charge in [-0.15, -0.1) is 0 Å². The van der Waals surface area contributed by atoms with E-state index in [-0.39, 0.29) is 0 Å². The van der Waals surface area contributed by atoms with Crippen molar-refractivity contribution in [3.63, 3.8) is 0 Å². The molecule has 0 fully saturated rings. The van der Waals surface area contributed by atoms with E-state index in [1.54, 1.807) is 7.11 Å². The van der Waals surface area contributed by atoms with Crippen LogP contribution in [0.2, 0.25) is 0 Å². The molecule has 0 spiro atoms. The molecule has 0 bridgehead atoms. The minimum absolute atomic E-state index is 0.674. The van der Waals surface area contributed by atoms with E-state index < -0.39 is 0 Å². The van der Waals surface area contributed by atoms with Crippen molar-refractivity contribution in [3.8, 4) is 28.5 Å². The second kappa shape index (κ2) is 6.08. The van der Waals surface area contributed by atoms with Gasteiger partial charge in [-0.1, -0.05) is 24.3 Å². The van der Waals surface area contributed by atoms with Crippen LogP contribution in [0.3, 0.4) is 0 Å². The van der Waals surface area contributed by atoms with Crippen LogP contribution in [-0.4, -0.2) is 16.5 Å². The summed E-state index contributed by atoms with van der Waals surface area (Å²) in [7, 11) is 1.64. The second-order valence-electron chi connectivity index (χ2n) is 5.37. The molecule has 4 heteroatoms. The number of aromatic nitrogens is 2. The Kier molecular flexibility index (Phi) is 3.63. The van der Waals surface area contributed by atoms with Crippen LogP contribution in [0.1, 0.15) is 0 Å². The van der Waals surface area contributed by atoms with E-state index in [0.29, 0.717) is 11.5 Å². The van der Waals surface area contributed by atoms with Crippen molar-refractivity contribution in [2.75, 3.05) is 7.11 Å². The molecule has 0 amide bonds. The number of methoxy groups -OCH3 is 1. The average Bonchev–Trinajstić information content (AvgIpc) is 3.07. The highest BCUT2D eigenvalue weighted by molar-refractivity contribution is 5.66. The fourth-order valence-electron chi connectivity index (χ4n) is 2.60. The maximum Gasteiger partial charge on any atom is 0.169 e. The van der Waals surface area contributed by atoms with Crippen LogP contribution in [0.4, 0.5) is 0 Å². The molecule has 2 aromatic carbocycles. The van der Waals surface area contributed by atoms with E-state index in [2.05, 4.69) is 4.98 Å². The van der Waals surface area contributed by atoms with Crippen LogP contribution in [-0.2, 0) is 0 Å². The van der Waals surface area contributed by atoms with Gasteiger partial charge in [0.15, 0.2) is 11.5 Å². The molecule has 118 valence electrons. The summed E-state index contributed by atoms with van der Waals surface area (Å²) >= 11 is 0. The molecule has 24 heavy (non-hydrogen) atoms. The predicted molar refractivity (Wildman–Crippen MR) is 93.7 cm³/mol. The Morgan fingerprint density at radius 1 is 0.875 bits per heavy atom. The summed E-state index contributed by atoms with van der Waals surface area (Å²) in [6.07, 6.45) is 3.98. The number of imidazole rings is 1. The quantitative estimate of drug-likeness (QED) is 0.542. The van der Waals surface area contributed by atoms with Gasteiger partial charge in [0.2, 0.25) is 0 Å². The third kappa shape index (κ3) is 2.70. The van der Waals surface area contributed by atoms with E-state index in [4.69, 9.17) is 9.47 Å². The zero-order valence-electron chi connectivity index (χ0n) is 13.2. The van der Waals surface area contributed by atoms with Gasteiger partial charge in [-0.2, -0.15) is 0 Å². The Morgan fingerprint density at radius 3 is 2.50 bits per heavy atom. The van der Waals surface area contributed by atoms with Gasteiger partial charge in [0, 0.05) is 18.0 Å². The Labute approximate surface area is 139 Å². The van der Waals surface area contributed by atoms with Crippen molar-refractivity contribution in [2.24, 2.45) is 0 Å². The number of pyridine rings is 1. The molecule has 0 aliphatic carbocycles. The Morgan fingerprint density at radius 2 is 1.71 bits per heavy atom. The van der Waals surface area contributed by atoms with Gasteiger partial charge in [-0.05, 0) is 42.5 Å². The molecule has 4 rings (SSSR count). The summed E-state index contributed by atoms with van der Waals surface area (Å²) < 4.78 is 13.4. The molecular formula is C20H16N2O2. The minimum atomic E-state index is 0.674. The first-order valence-electron chi connectivity index (χ1n) is 7.68. The highest BCUT2D eigenvalue weighted by Crippen LogP contribution is 2.35. The molecule has 0 aliphatic heterocycles. The fraction of sp³-hybridized carbons (Fsp3) is 0.0500. The summed E-state index contributed by atoms with van der Waals surface area (Å²) in [5.74, 6) is 2.13. The first-order valence-corrected chi connectivity index (χ1v) is 7.68. The van der Waals surface area contributed by atoms with Crippen molar-refractivity contribution >= 4 is 5.65 Å². The maximum atomic E-state index is 5.90. The number of fused-ring (bicyclic) bond motifs is 1.